The molecule has 3 atom stereocenters. The van der Waals surface area contributed by atoms with Crippen molar-refractivity contribution in [1.29, 1.82) is 0 Å². The van der Waals surface area contributed by atoms with Gasteiger partial charge < -0.3 is 9.64 Å². The minimum Gasteiger partial charge on any atom is -0.491 e. The van der Waals surface area contributed by atoms with Gasteiger partial charge in [-0.15, -0.1) is 0 Å². The van der Waals surface area contributed by atoms with Crippen LogP contribution in [0.3, 0.4) is 0 Å². The zero-order valence-electron chi connectivity index (χ0n) is 20.2. The molecule has 0 N–H and O–H groups in total. The van der Waals surface area contributed by atoms with Gasteiger partial charge in [0, 0.05) is 19.7 Å². The fourth-order valence-corrected chi connectivity index (χ4v) is 5.36. The molecule has 1 aromatic carbocycles. The first-order chi connectivity index (χ1) is 13.4. The molecule has 1 saturated heterocycles. The molecule has 1 unspecified atom stereocenters. The topological polar surface area (TPSA) is 12.5 Å². The van der Waals surface area contributed by atoms with E-state index < -0.39 is 19.8 Å². The number of rotatable bonds is 2. The largest absolute Gasteiger partial charge is 0.491 e. The van der Waals surface area contributed by atoms with Crippen LogP contribution >= 0.6 is 0 Å². The summed E-state index contributed by atoms with van der Waals surface area (Å²) in [5, 5.41) is 0. The fraction of sp³-hybridized carbons (Fsp3) is 0.700. The van der Waals surface area contributed by atoms with Crippen LogP contribution in [0.25, 0.3) is 0 Å². The van der Waals surface area contributed by atoms with Crippen LogP contribution in [-0.2, 0) is 11.8 Å². The highest BCUT2D eigenvalue weighted by molar-refractivity contribution is 5.45. The molecule has 120 valence electrons. The minimum atomic E-state index is -3.10. The highest BCUT2D eigenvalue weighted by Gasteiger charge is 2.53. The Hall–Kier alpha value is -1.02. The third-order valence-corrected chi connectivity index (χ3v) is 6.31. The van der Waals surface area contributed by atoms with E-state index in [2.05, 4.69) is 11.9 Å². The standard InChI is InChI=1S/C20H29NO/c1-14(2)22-16-8-7-15-12-19-17-6-4-5-9-20(17,18(15)13-16)10-11-21(19)3/h7-8,13-14,17,19H,4-6,9-12H2,1-3H3/t17-,19+,20?/m1/s1/i1D3,2D3,14D. The van der Waals surface area contributed by atoms with Gasteiger partial charge in [-0.3, -0.25) is 0 Å². The molecular weight excluding hydrogens is 270 g/mol. The number of nitrogens with zero attached hydrogens (tertiary/aromatic N) is 1. The third-order valence-electron chi connectivity index (χ3n) is 6.31. The Labute approximate surface area is 144 Å². The fourth-order valence-electron chi connectivity index (χ4n) is 5.36. The van der Waals surface area contributed by atoms with Crippen molar-refractivity contribution in [2.75, 3.05) is 13.6 Å². The van der Waals surface area contributed by atoms with E-state index in [1.165, 1.54) is 30.4 Å². The van der Waals surface area contributed by atoms with Gasteiger partial charge >= 0.3 is 0 Å². The first kappa shape index (κ1) is 8.73. The average molecular weight is 307 g/mol. The first-order valence-corrected chi connectivity index (χ1v) is 8.42. The molecule has 0 spiro atoms. The predicted molar refractivity (Wildman–Crippen MR) is 90.6 cm³/mol. The van der Waals surface area contributed by atoms with Gasteiger partial charge in [-0.2, -0.15) is 0 Å². The summed E-state index contributed by atoms with van der Waals surface area (Å²) in [7, 11) is 2.20. The van der Waals surface area contributed by atoms with Gasteiger partial charge in [0.05, 0.1) is 7.45 Å². The van der Waals surface area contributed by atoms with Gasteiger partial charge in [-0.1, -0.05) is 18.9 Å². The number of hydrogen-bond donors (Lipinski definition) is 0. The molecule has 0 aromatic heterocycles. The lowest BCUT2D eigenvalue weighted by Crippen LogP contribution is -2.59. The summed E-state index contributed by atoms with van der Waals surface area (Å²) in [5.41, 5.74) is 2.47. The summed E-state index contributed by atoms with van der Waals surface area (Å²) in [6.45, 7) is -5.17. The Balaban J connectivity index is 1.76. The monoisotopic (exact) mass is 306 g/mol. The zero-order valence-corrected chi connectivity index (χ0v) is 13.2. The molecule has 1 heterocycles. The van der Waals surface area contributed by atoms with Crippen molar-refractivity contribution in [1.82, 2.24) is 4.90 Å². The van der Waals surface area contributed by atoms with E-state index in [0.717, 1.165) is 25.8 Å². The summed E-state index contributed by atoms with van der Waals surface area (Å²) < 4.78 is 59.3. The molecule has 3 aliphatic rings. The Morgan fingerprint density at radius 2 is 2.27 bits per heavy atom. The molecule has 2 nitrogen and oxygen atoms in total. The lowest BCUT2D eigenvalue weighted by molar-refractivity contribution is 0.00266. The summed E-state index contributed by atoms with van der Waals surface area (Å²) in [6, 6.07) is 5.94. The van der Waals surface area contributed by atoms with Crippen molar-refractivity contribution < 1.29 is 14.3 Å². The van der Waals surface area contributed by atoms with E-state index in [1.807, 2.05) is 12.1 Å². The van der Waals surface area contributed by atoms with Crippen LogP contribution in [0.1, 0.15) is 66.5 Å². The molecule has 0 amide bonds. The quantitative estimate of drug-likeness (QED) is 0.813. The Morgan fingerprint density at radius 3 is 3.14 bits per heavy atom. The predicted octanol–water partition coefficient (Wildman–Crippen LogP) is 4.16. The highest BCUT2D eigenvalue weighted by atomic mass is 16.5. The number of ether oxygens (including phenoxy) is 1. The van der Waals surface area contributed by atoms with Crippen LogP contribution in [0.15, 0.2) is 18.2 Å². The molecule has 2 aliphatic carbocycles. The summed E-state index contributed by atoms with van der Waals surface area (Å²) in [5.74, 6) is 0.728. The normalized spacial score (nSPS) is 40.5. The van der Waals surface area contributed by atoms with Crippen LogP contribution in [0.2, 0.25) is 0 Å². The van der Waals surface area contributed by atoms with Crippen molar-refractivity contribution in [3.63, 3.8) is 0 Å². The van der Waals surface area contributed by atoms with Gasteiger partial charge in [0.2, 0.25) is 0 Å². The van der Waals surface area contributed by atoms with Gasteiger partial charge in [-0.25, -0.2) is 0 Å². The van der Waals surface area contributed by atoms with Crippen LogP contribution in [0.5, 0.6) is 5.75 Å². The van der Waals surface area contributed by atoms with Crippen molar-refractivity contribution in [2.45, 2.75) is 69.8 Å². The molecule has 1 aromatic rings. The second-order valence-electron chi connectivity index (χ2n) is 7.26. The van der Waals surface area contributed by atoms with Crippen molar-refractivity contribution in [2.24, 2.45) is 5.92 Å². The van der Waals surface area contributed by atoms with Crippen molar-refractivity contribution in [3.05, 3.63) is 29.3 Å². The SMILES string of the molecule is [2H]C([2H])([2H])C([2H])(Oc1ccc2c(c1)C13CCCC[C@@H]1[C@H](C2)N(C)CC3)C([2H])([2H])[2H]. The molecule has 1 saturated carbocycles. The first-order valence-electron chi connectivity index (χ1n) is 11.9. The second-order valence-corrected chi connectivity index (χ2v) is 7.26. The number of benzene rings is 1. The molecule has 2 heteroatoms. The maximum atomic E-state index is 8.19. The van der Waals surface area contributed by atoms with Crippen LogP contribution in [-0.4, -0.2) is 30.6 Å². The molecule has 1 aliphatic heterocycles. The number of fused-ring (bicyclic) bond motifs is 1. The molecule has 2 fully saturated rings. The maximum absolute atomic E-state index is 8.19. The van der Waals surface area contributed by atoms with Crippen LogP contribution in [0.4, 0.5) is 0 Å². The molecule has 4 rings (SSSR count). The Kier molecular flexibility index (Phi) is 2.09. The van der Waals surface area contributed by atoms with Gasteiger partial charge in [0.25, 0.3) is 0 Å². The molecule has 22 heavy (non-hydrogen) atoms. The van der Waals surface area contributed by atoms with E-state index in [0.29, 0.717) is 12.0 Å². The molecule has 2 bridgehead atoms. The number of likely N-dealkylation sites (N-methyl/N-ethyl adjacent to an activating group) is 1. The van der Waals surface area contributed by atoms with E-state index in [9.17, 15) is 0 Å². The summed E-state index contributed by atoms with van der Waals surface area (Å²) in [4.78, 5) is 2.47. The highest BCUT2D eigenvalue weighted by Crippen LogP contribution is 2.55. The smallest absolute Gasteiger partial charge is 0.119 e. The lowest BCUT2D eigenvalue weighted by atomic mass is 9.52. The molecule has 0 radical (unpaired) electrons. The minimum absolute atomic E-state index is 0.0486. The van der Waals surface area contributed by atoms with Gasteiger partial charge in [0.1, 0.15) is 5.75 Å². The van der Waals surface area contributed by atoms with Gasteiger partial charge in [0.15, 0.2) is 0 Å². The van der Waals surface area contributed by atoms with Crippen LogP contribution in [0, 0.1) is 5.92 Å². The van der Waals surface area contributed by atoms with E-state index in [4.69, 9.17) is 14.3 Å². The van der Waals surface area contributed by atoms with E-state index in [1.54, 1.807) is 6.07 Å². The Bertz CT molecular complexity index is 776. The number of piperidine rings is 1. The summed E-state index contributed by atoms with van der Waals surface area (Å²) >= 11 is 0. The molecular formula is C20H29NO. The summed E-state index contributed by atoms with van der Waals surface area (Å²) in [6.07, 6.45) is 3.69. The van der Waals surface area contributed by atoms with Crippen molar-refractivity contribution >= 4 is 0 Å². The number of likely N-dealkylation sites (tertiary alicyclic amines) is 1. The third kappa shape index (κ3) is 2.11. The van der Waals surface area contributed by atoms with Crippen molar-refractivity contribution in [3.8, 4) is 5.75 Å². The Morgan fingerprint density at radius 1 is 1.36 bits per heavy atom. The van der Waals surface area contributed by atoms with Gasteiger partial charge in [-0.05, 0) is 82.2 Å². The average Bonchev–Trinajstić information content (AvgIpc) is 2.63. The van der Waals surface area contributed by atoms with Crippen LogP contribution < -0.4 is 4.74 Å². The van der Waals surface area contributed by atoms with E-state index >= 15 is 0 Å². The maximum Gasteiger partial charge on any atom is 0.119 e. The second kappa shape index (κ2) is 5.26. The zero-order chi connectivity index (χ0) is 21.2. The van der Waals surface area contributed by atoms with E-state index in [-0.39, 0.29) is 11.2 Å². The lowest BCUT2D eigenvalue weighted by Gasteiger charge is -2.58. The number of hydrogen-bond acceptors (Lipinski definition) is 2.